The number of nitrogens with two attached hydrogens (primary N) is 1. The number of nitrogens with one attached hydrogen (secondary N) is 1. The molecule has 1 amide bonds. The van der Waals surface area contributed by atoms with Crippen LogP contribution >= 0.6 is 0 Å². The van der Waals surface area contributed by atoms with Crippen LogP contribution in [0.5, 0.6) is 0 Å². The number of anilines is 1. The second-order valence-electron chi connectivity index (χ2n) is 7.87. The van der Waals surface area contributed by atoms with Crippen molar-refractivity contribution < 1.29 is 28.6 Å². The Balaban J connectivity index is 2.28. The van der Waals surface area contributed by atoms with Crippen molar-refractivity contribution in [2.45, 2.75) is 38.8 Å². The van der Waals surface area contributed by atoms with Crippen LogP contribution in [-0.2, 0) is 25.4 Å². The van der Waals surface area contributed by atoms with Crippen LogP contribution in [0.15, 0.2) is 30.5 Å². The smallest absolute Gasteiger partial charge is 0.408 e. The van der Waals surface area contributed by atoms with E-state index in [0.717, 1.165) is 0 Å². The Morgan fingerprint density at radius 1 is 1.16 bits per heavy atom. The van der Waals surface area contributed by atoms with Gasteiger partial charge in [-0.3, -0.25) is 0 Å². The van der Waals surface area contributed by atoms with Crippen molar-refractivity contribution >= 4 is 23.7 Å². The summed E-state index contributed by atoms with van der Waals surface area (Å²) >= 11 is 0. The number of hydrogen-bond donors (Lipinski definition) is 2. The molecule has 0 fully saturated rings. The molecule has 1 atom stereocenters. The lowest BCUT2D eigenvalue weighted by Crippen LogP contribution is -2.45. The number of amides is 1. The molecule has 0 spiro atoms. The van der Waals surface area contributed by atoms with Gasteiger partial charge < -0.3 is 29.8 Å². The Bertz CT molecular complexity index is 1040. The number of nitrogen functional groups attached to an aromatic ring is 1. The van der Waals surface area contributed by atoms with Gasteiger partial charge in [0.25, 0.3) is 0 Å². The predicted octanol–water partition coefficient (Wildman–Crippen LogP) is 2.33. The maximum Gasteiger partial charge on any atom is 0.408 e. The zero-order valence-corrected chi connectivity index (χ0v) is 18.6. The molecular weight excluding hydrogens is 416 g/mol. The number of alkyl carbamates (subject to hydrolysis) is 1. The minimum Gasteiger partial charge on any atom is -0.467 e. The predicted molar refractivity (Wildman–Crippen MR) is 115 cm³/mol. The first-order valence-corrected chi connectivity index (χ1v) is 9.66. The first kappa shape index (κ1) is 24.3. The van der Waals surface area contributed by atoms with Gasteiger partial charge in [0.05, 0.1) is 25.5 Å². The molecule has 0 radical (unpaired) electrons. The summed E-state index contributed by atoms with van der Waals surface area (Å²) in [5.41, 5.74) is 6.66. The summed E-state index contributed by atoms with van der Waals surface area (Å²) in [5, 5.41) is 11.7. The molecule has 1 aromatic heterocycles. The summed E-state index contributed by atoms with van der Waals surface area (Å²) in [6, 6.07) is 7.78. The molecule has 1 unspecified atom stereocenters. The minimum atomic E-state index is -0.959. The highest BCUT2D eigenvalue weighted by Gasteiger charge is 2.26. The van der Waals surface area contributed by atoms with Gasteiger partial charge in [0.15, 0.2) is 5.69 Å². The van der Waals surface area contributed by atoms with E-state index in [9.17, 15) is 19.6 Å². The Hall–Kier alpha value is -4.00. The van der Waals surface area contributed by atoms with Crippen molar-refractivity contribution in [2.24, 2.45) is 0 Å². The monoisotopic (exact) mass is 442 g/mol. The first-order valence-electron chi connectivity index (χ1n) is 9.66. The topological polar surface area (TPSA) is 146 Å². The molecule has 10 heteroatoms. The van der Waals surface area contributed by atoms with E-state index < -0.39 is 29.7 Å². The van der Waals surface area contributed by atoms with Crippen molar-refractivity contribution in [3.63, 3.8) is 0 Å². The number of ether oxygens (including phenoxy) is 3. The molecule has 2 rings (SSSR count). The van der Waals surface area contributed by atoms with E-state index in [0.29, 0.717) is 11.3 Å². The largest absolute Gasteiger partial charge is 0.467 e. The van der Waals surface area contributed by atoms with Crippen LogP contribution in [-0.4, -0.2) is 48.5 Å². The summed E-state index contributed by atoms with van der Waals surface area (Å²) in [6.07, 6.45) is 0.852. The zero-order valence-electron chi connectivity index (χ0n) is 18.6. The van der Waals surface area contributed by atoms with Gasteiger partial charge >= 0.3 is 18.0 Å². The molecule has 0 aliphatic rings. The van der Waals surface area contributed by atoms with E-state index in [1.54, 1.807) is 45.0 Å². The van der Waals surface area contributed by atoms with Gasteiger partial charge in [-0.15, -0.1) is 0 Å². The summed E-state index contributed by atoms with van der Waals surface area (Å²) in [5.74, 6) is -1.30. The van der Waals surface area contributed by atoms with Crippen LogP contribution < -0.4 is 11.1 Å². The van der Waals surface area contributed by atoms with Gasteiger partial charge in [-0.2, -0.15) is 5.26 Å². The maximum atomic E-state index is 12.1. The third-order valence-electron chi connectivity index (χ3n) is 4.37. The summed E-state index contributed by atoms with van der Waals surface area (Å²) in [6.45, 7) is 5.15. The number of carbonyl (C=O) groups excluding carboxylic acids is 3. The Morgan fingerprint density at radius 3 is 2.28 bits per heavy atom. The average molecular weight is 442 g/mol. The van der Waals surface area contributed by atoms with Crippen molar-refractivity contribution in [3.8, 4) is 11.8 Å². The van der Waals surface area contributed by atoms with Crippen LogP contribution in [0.2, 0.25) is 0 Å². The van der Waals surface area contributed by atoms with Crippen molar-refractivity contribution in [1.82, 2.24) is 9.88 Å². The second-order valence-corrected chi connectivity index (χ2v) is 7.87. The normalized spacial score (nSPS) is 11.8. The Labute approximate surface area is 185 Å². The highest BCUT2D eigenvalue weighted by atomic mass is 16.6. The number of nitrogens with zero attached hydrogens (tertiary/aromatic N) is 2. The number of aromatic nitrogens is 1. The molecule has 0 saturated heterocycles. The van der Waals surface area contributed by atoms with Crippen LogP contribution in [0.1, 0.15) is 42.4 Å². The molecule has 10 nitrogen and oxygen atoms in total. The second kappa shape index (κ2) is 9.87. The number of methoxy groups -OCH3 is 2. The van der Waals surface area contributed by atoms with E-state index in [1.807, 2.05) is 6.07 Å². The van der Waals surface area contributed by atoms with Gasteiger partial charge in [-0.05, 0) is 38.5 Å². The molecule has 1 aromatic carbocycles. The van der Waals surface area contributed by atoms with Gasteiger partial charge in [0, 0.05) is 18.3 Å². The van der Waals surface area contributed by atoms with E-state index in [-0.39, 0.29) is 23.4 Å². The Morgan fingerprint density at radius 2 is 1.78 bits per heavy atom. The molecule has 170 valence electrons. The van der Waals surface area contributed by atoms with Crippen LogP contribution in [0.25, 0.3) is 5.69 Å². The van der Waals surface area contributed by atoms with Gasteiger partial charge in [-0.1, -0.05) is 12.1 Å². The fraction of sp³-hybridized carbons (Fsp3) is 0.364. The maximum absolute atomic E-state index is 12.1. The van der Waals surface area contributed by atoms with Crippen molar-refractivity contribution in [3.05, 3.63) is 47.3 Å². The SMILES string of the molecule is COC(=O)c1c(N)c(C#N)cn1-c1ccc(CC(NC(=O)OC(C)(C)C)C(=O)OC)cc1. The Kier molecular flexibility index (Phi) is 7.49. The quantitative estimate of drug-likeness (QED) is 0.512. The number of nitriles is 1. The van der Waals surface area contributed by atoms with Gasteiger partial charge in [0.2, 0.25) is 0 Å². The fourth-order valence-corrected chi connectivity index (χ4v) is 2.93. The molecule has 1 heterocycles. The van der Waals surface area contributed by atoms with E-state index in [4.69, 9.17) is 19.9 Å². The highest BCUT2D eigenvalue weighted by molar-refractivity contribution is 5.96. The lowest BCUT2D eigenvalue weighted by Gasteiger charge is -2.22. The standard InChI is InChI=1S/C22H26N4O6/c1-22(2,3)32-21(29)25-16(19(27)30-4)10-13-6-8-15(9-7-13)26-12-14(11-23)17(24)18(26)20(28)31-5/h6-9,12,16H,10,24H2,1-5H3,(H,25,29). The molecular formula is C22H26N4O6. The van der Waals surface area contributed by atoms with Gasteiger partial charge in [-0.25, -0.2) is 14.4 Å². The third-order valence-corrected chi connectivity index (χ3v) is 4.37. The molecule has 3 N–H and O–H groups in total. The summed E-state index contributed by atoms with van der Waals surface area (Å²) in [7, 11) is 2.45. The van der Waals surface area contributed by atoms with Crippen LogP contribution in [0, 0.1) is 11.3 Å². The van der Waals surface area contributed by atoms with E-state index in [1.165, 1.54) is 25.0 Å². The highest BCUT2D eigenvalue weighted by Crippen LogP contribution is 2.25. The average Bonchev–Trinajstić information content (AvgIpc) is 3.07. The lowest BCUT2D eigenvalue weighted by molar-refractivity contribution is -0.143. The van der Waals surface area contributed by atoms with Crippen LogP contribution in [0.3, 0.4) is 0 Å². The lowest BCUT2D eigenvalue weighted by atomic mass is 10.1. The van der Waals surface area contributed by atoms with Crippen molar-refractivity contribution in [2.75, 3.05) is 20.0 Å². The van der Waals surface area contributed by atoms with Crippen molar-refractivity contribution in [1.29, 1.82) is 5.26 Å². The van der Waals surface area contributed by atoms with E-state index in [2.05, 4.69) is 5.32 Å². The number of benzene rings is 1. The number of hydrogen-bond acceptors (Lipinski definition) is 8. The number of esters is 2. The third kappa shape index (κ3) is 5.78. The summed E-state index contributed by atoms with van der Waals surface area (Å²) < 4.78 is 16.2. The molecule has 0 aliphatic heterocycles. The van der Waals surface area contributed by atoms with Crippen LogP contribution in [0.4, 0.5) is 10.5 Å². The molecule has 2 aromatic rings. The van der Waals surface area contributed by atoms with Gasteiger partial charge in [0.1, 0.15) is 17.7 Å². The first-order chi connectivity index (χ1) is 15.0. The summed E-state index contributed by atoms with van der Waals surface area (Å²) in [4.78, 5) is 36.4. The van der Waals surface area contributed by atoms with E-state index >= 15 is 0 Å². The zero-order chi connectivity index (χ0) is 24.1. The molecule has 0 bridgehead atoms. The molecule has 0 aliphatic carbocycles. The number of carbonyl (C=O) groups is 3. The molecule has 32 heavy (non-hydrogen) atoms. The number of rotatable bonds is 6. The molecule has 0 saturated carbocycles. The minimum absolute atomic E-state index is 0.0238. The fourth-order valence-electron chi connectivity index (χ4n) is 2.93.